The number of nitrogens with zero attached hydrogens (tertiary/aromatic N) is 3. The van der Waals surface area contributed by atoms with Gasteiger partial charge in [-0.05, 0) is 13.3 Å². The molecular formula is C8H14BrN3. The zero-order chi connectivity index (χ0) is 8.97. The lowest BCUT2D eigenvalue weighted by molar-refractivity contribution is 0.666. The standard InChI is InChI=1S/C8H14BrN3/c1-3-5-7-10-11-8(6-9)12(7)4-2/h3-6H2,1-2H3. The van der Waals surface area contributed by atoms with E-state index in [0.717, 1.165) is 36.4 Å². The first-order valence-corrected chi connectivity index (χ1v) is 5.42. The molecule has 0 bridgehead atoms. The van der Waals surface area contributed by atoms with Crippen LogP contribution in [0.2, 0.25) is 0 Å². The first kappa shape index (κ1) is 9.71. The second kappa shape index (κ2) is 4.60. The van der Waals surface area contributed by atoms with Crippen LogP contribution in [-0.4, -0.2) is 14.8 Å². The van der Waals surface area contributed by atoms with Gasteiger partial charge in [0.05, 0.1) is 5.33 Å². The molecule has 4 heteroatoms. The highest BCUT2D eigenvalue weighted by Gasteiger charge is 2.07. The molecule has 68 valence electrons. The van der Waals surface area contributed by atoms with Crippen LogP contribution in [0, 0.1) is 0 Å². The van der Waals surface area contributed by atoms with E-state index in [4.69, 9.17) is 0 Å². The van der Waals surface area contributed by atoms with E-state index >= 15 is 0 Å². The normalized spacial score (nSPS) is 10.6. The summed E-state index contributed by atoms with van der Waals surface area (Å²) in [7, 11) is 0. The number of rotatable bonds is 4. The molecule has 0 aliphatic carbocycles. The highest BCUT2D eigenvalue weighted by Crippen LogP contribution is 2.07. The lowest BCUT2D eigenvalue weighted by Gasteiger charge is -2.03. The second-order valence-electron chi connectivity index (χ2n) is 2.66. The Morgan fingerprint density at radius 3 is 2.42 bits per heavy atom. The molecule has 0 saturated carbocycles. The largest absolute Gasteiger partial charge is 0.315 e. The second-order valence-corrected chi connectivity index (χ2v) is 3.22. The quantitative estimate of drug-likeness (QED) is 0.744. The molecule has 0 fully saturated rings. The van der Waals surface area contributed by atoms with Gasteiger partial charge < -0.3 is 4.57 Å². The Morgan fingerprint density at radius 1 is 1.25 bits per heavy atom. The summed E-state index contributed by atoms with van der Waals surface area (Å²) < 4.78 is 2.16. The molecule has 1 aromatic rings. The van der Waals surface area contributed by atoms with E-state index in [9.17, 15) is 0 Å². The minimum Gasteiger partial charge on any atom is -0.315 e. The minimum absolute atomic E-state index is 0.789. The van der Waals surface area contributed by atoms with Crippen LogP contribution in [0.5, 0.6) is 0 Å². The zero-order valence-corrected chi connectivity index (χ0v) is 9.13. The monoisotopic (exact) mass is 231 g/mol. The fourth-order valence-corrected chi connectivity index (χ4v) is 1.66. The van der Waals surface area contributed by atoms with E-state index < -0.39 is 0 Å². The fourth-order valence-electron chi connectivity index (χ4n) is 1.24. The van der Waals surface area contributed by atoms with Gasteiger partial charge in [0.2, 0.25) is 0 Å². The van der Waals surface area contributed by atoms with Crippen molar-refractivity contribution in [3.8, 4) is 0 Å². The van der Waals surface area contributed by atoms with Gasteiger partial charge in [-0.3, -0.25) is 0 Å². The predicted molar refractivity (Wildman–Crippen MR) is 52.3 cm³/mol. The van der Waals surface area contributed by atoms with Gasteiger partial charge >= 0.3 is 0 Å². The molecule has 12 heavy (non-hydrogen) atoms. The lowest BCUT2D eigenvalue weighted by atomic mass is 10.3. The lowest BCUT2D eigenvalue weighted by Crippen LogP contribution is -2.04. The van der Waals surface area contributed by atoms with Gasteiger partial charge in [0, 0.05) is 13.0 Å². The Kier molecular flexibility index (Phi) is 3.72. The summed E-state index contributed by atoms with van der Waals surface area (Å²) in [4.78, 5) is 0. The Balaban J connectivity index is 2.88. The maximum absolute atomic E-state index is 4.13. The van der Waals surface area contributed by atoms with Crippen LogP contribution in [0.1, 0.15) is 31.9 Å². The molecule has 0 aromatic carbocycles. The molecule has 0 amide bonds. The smallest absolute Gasteiger partial charge is 0.143 e. The third kappa shape index (κ3) is 1.86. The topological polar surface area (TPSA) is 30.7 Å². The summed E-state index contributed by atoms with van der Waals surface area (Å²) >= 11 is 3.39. The number of hydrogen-bond donors (Lipinski definition) is 0. The van der Waals surface area contributed by atoms with Crippen molar-refractivity contribution < 1.29 is 0 Å². The molecule has 0 aliphatic heterocycles. The molecule has 3 nitrogen and oxygen atoms in total. The highest BCUT2D eigenvalue weighted by molar-refractivity contribution is 9.08. The van der Waals surface area contributed by atoms with Crippen molar-refractivity contribution >= 4 is 15.9 Å². The third-order valence-corrected chi connectivity index (χ3v) is 2.31. The summed E-state index contributed by atoms with van der Waals surface area (Å²) in [6.07, 6.45) is 2.15. The van der Waals surface area contributed by atoms with Crippen LogP contribution < -0.4 is 0 Å². The molecule has 1 rings (SSSR count). The predicted octanol–water partition coefficient (Wildman–Crippen LogP) is 2.15. The Hall–Kier alpha value is -0.380. The number of halogens is 1. The minimum atomic E-state index is 0.789. The van der Waals surface area contributed by atoms with Crippen molar-refractivity contribution in [3.05, 3.63) is 11.6 Å². The summed E-state index contributed by atoms with van der Waals surface area (Å²) in [5.74, 6) is 2.13. The molecular weight excluding hydrogens is 218 g/mol. The van der Waals surface area contributed by atoms with Crippen LogP contribution >= 0.6 is 15.9 Å². The molecule has 0 aliphatic rings. The Morgan fingerprint density at radius 2 is 1.92 bits per heavy atom. The average Bonchev–Trinajstić information content (AvgIpc) is 2.47. The molecule has 0 saturated heterocycles. The number of alkyl halides is 1. The Bertz CT molecular complexity index is 244. The summed E-state index contributed by atoms with van der Waals surface area (Å²) in [5, 5.41) is 9.01. The molecule has 0 unspecified atom stereocenters. The SMILES string of the molecule is CCCc1nnc(CBr)n1CC. The molecule has 0 atom stereocenters. The van der Waals surface area contributed by atoms with Gasteiger partial charge in [-0.2, -0.15) is 0 Å². The van der Waals surface area contributed by atoms with Gasteiger partial charge in [0.25, 0.3) is 0 Å². The number of aromatic nitrogens is 3. The Labute approximate surface area is 81.3 Å². The molecule has 0 N–H and O–H groups in total. The van der Waals surface area contributed by atoms with Gasteiger partial charge in [-0.1, -0.05) is 22.9 Å². The van der Waals surface area contributed by atoms with Crippen molar-refractivity contribution in [1.82, 2.24) is 14.8 Å². The van der Waals surface area contributed by atoms with E-state index in [1.54, 1.807) is 0 Å². The van der Waals surface area contributed by atoms with Gasteiger partial charge in [-0.25, -0.2) is 0 Å². The van der Waals surface area contributed by atoms with E-state index in [-0.39, 0.29) is 0 Å². The first-order valence-electron chi connectivity index (χ1n) is 4.30. The summed E-state index contributed by atoms with van der Waals surface area (Å²) in [6.45, 7) is 5.24. The van der Waals surface area contributed by atoms with Crippen molar-refractivity contribution in [1.29, 1.82) is 0 Å². The number of aryl methyl sites for hydroxylation is 1. The van der Waals surface area contributed by atoms with E-state index in [2.05, 4.69) is 44.5 Å². The first-order chi connectivity index (χ1) is 5.83. The van der Waals surface area contributed by atoms with E-state index in [0.29, 0.717) is 0 Å². The van der Waals surface area contributed by atoms with Gasteiger partial charge in [0.15, 0.2) is 0 Å². The number of hydrogen-bond acceptors (Lipinski definition) is 2. The highest BCUT2D eigenvalue weighted by atomic mass is 79.9. The maximum atomic E-state index is 4.13. The fraction of sp³-hybridized carbons (Fsp3) is 0.750. The molecule has 0 spiro atoms. The van der Waals surface area contributed by atoms with Crippen LogP contribution in [0.4, 0.5) is 0 Å². The van der Waals surface area contributed by atoms with E-state index in [1.165, 1.54) is 0 Å². The van der Waals surface area contributed by atoms with Crippen LogP contribution in [0.15, 0.2) is 0 Å². The maximum Gasteiger partial charge on any atom is 0.143 e. The van der Waals surface area contributed by atoms with E-state index in [1.807, 2.05) is 0 Å². The van der Waals surface area contributed by atoms with Gasteiger partial charge in [-0.15, -0.1) is 10.2 Å². The third-order valence-electron chi connectivity index (χ3n) is 1.81. The molecule has 1 aromatic heterocycles. The summed E-state index contributed by atoms with van der Waals surface area (Å²) in [6, 6.07) is 0. The summed E-state index contributed by atoms with van der Waals surface area (Å²) in [5.41, 5.74) is 0. The molecule has 0 radical (unpaired) electrons. The zero-order valence-electron chi connectivity index (χ0n) is 7.55. The average molecular weight is 232 g/mol. The van der Waals surface area contributed by atoms with Crippen molar-refractivity contribution in [3.63, 3.8) is 0 Å². The van der Waals surface area contributed by atoms with Crippen LogP contribution in [0.3, 0.4) is 0 Å². The van der Waals surface area contributed by atoms with Crippen LogP contribution in [-0.2, 0) is 18.3 Å². The van der Waals surface area contributed by atoms with Crippen molar-refractivity contribution in [2.45, 2.75) is 38.6 Å². The van der Waals surface area contributed by atoms with Crippen molar-refractivity contribution in [2.75, 3.05) is 0 Å². The molecule has 1 heterocycles. The van der Waals surface area contributed by atoms with Crippen LogP contribution in [0.25, 0.3) is 0 Å². The van der Waals surface area contributed by atoms with Gasteiger partial charge in [0.1, 0.15) is 11.6 Å². The van der Waals surface area contributed by atoms with Crippen molar-refractivity contribution in [2.24, 2.45) is 0 Å².